The van der Waals surface area contributed by atoms with Gasteiger partial charge in [0, 0.05) is 0 Å². The van der Waals surface area contributed by atoms with Crippen LogP contribution in [0.5, 0.6) is 0 Å². The number of hydrogen-bond acceptors (Lipinski definition) is 3. The van der Waals surface area contributed by atoms with Gasteiger partial charge in [-0.05, 0) is 64.7 Å². The lowest BCUT2D eigenvalue weighted by molar-refractivity contribution is 0.0482. The van der Waals surface area contributed by atoms with Gasteiger partial charge in [-0.15, -0.1) is 0 Å². The van der Waals surface area contributed by atoms with Crippen LogP contribution in [0.1, 0.15) is 43.0 Å². The summed E-state index contributed by atoms with van der Waals surface area (Å²) in [5.41, 5.74) is 4.19. The molecular formula is C17H27NO3. The third-order valence-corrected chi connectivity index (χ3v) is 3.23. The summed E-state index contributed by atoms with van der Waals surface area (Å²) in [4.78, 5) is 11.8. The summed E-state index contributed by atoms with van der Waals surface area (Å²) in [6.45, 7) is 11.5. The molecule has 1 aromatic carbocycles. The summed E-state index contributed by atoms with van der Waals surface area (Å²) in [6, 6.07) is 3.88. The van der Waals surface area contributed by atoms with Crippen molar-refractivity contribution in [3.8, 4) is 0 Å². The van der Waals surface area contributed by atoms with E-state index in [1.165, 1.54) is 16.7 Å². The molecule has 1 amide bonds. The molecule has 2 N–H and O–H groups in total. The van der Waals surface area contributed by atoms with Gasteiger partial charge < -0.3 is 15.2 Å². The number of nitrogens with one attached hydrogen (secondary N) is 1. The maximum atomic E-state index is 11.8. The second-order valence-corrected chi connectivity index (χ2v) is 6.61. The van der Waals surface area contributed by atoms with E-state index in [4.69, 9.17) is 4.74 Å². The van der Waals surface area contributed by atoms with Crippen LogP contribution < -0.4 is 5.32 Å². The monoisotopic (exact) mass is 293 g/mol. The fourth-order valence-corrected chi connectivity index (χ4v) is 2.41. The number of ether oxygens (including phenoxy) is 1. The molecule has 1 atom stereocenters. The van der Waals surface area contributed by atoms with Gasteiger partial charge in [-0.25, -0.2) is 4.79 Å². The van der Waals surface area contributed by atoms with Crippen molar-refractivity contribution < 1.29 is 14.6 Å². The number of amides is 1. The molecule has 0 spiro atoms. The molecule has 0 fully saturated rings. The predicted octanol–water partition coefficient (Wildman–Crippen LogP) is 3.04. The predicted molar refractivity (Wildman–Crippen MR) is 84.6 cm³/mol. The number of aliphatic hydroxyl groups excluding tert-OH is 1. The van der Waals surface area contributed by atoms with Crippen LogP contribution in [-0.4, -0.2) is 29.4 Å². The van der Waals surface area contributed by atoms with Crippen LogP contribution in [0.3, 0.4) is 0 Å². The van der Waals surface area contributed by atoms with Gasteiger partial charge in [0.2, 0.25) is 0 Å². The standard InChI is InChI=1S/C17H27NO3/c1-11-7-12(2)15(13(3)8-11)9-14(10-19)18-16(20)21-17(4,5)6/h7-8,14,19H,9-10H2,1-6H3,(H,18,20)/t14-/m0/s1. The fourth-order valence-electron chi connectivity index (χ4n) is 2.41. The summed E-state index contributed by atoms with van der Waals surface area (Å²) in [7, 11) is 0. The van der Waals surface area contributed by atoms with Crippen molar-refractivity contribution >= 4 is 6.09 Å². The number of carbonyl (C=O) groups is 1. The Morgan fingerprint density at radius 1 is 1.24 bits per heavy atom. The zero-order valence-electron chi connectivity index (χ0n) is 13.9. The summed E-state index contributed by atoms with van der Waals surface area (Å²) in [5.74, 6) is 0. The first-order chi connectivity index (χ1) is 9.62. The molecule has 21 heavy (non-hydrogen) atoms. The molecular weight excluding hydrogens is 266 g/mol. The Labute approximate surface area is 127 Å². The summed E-state index contributed by atoms with van der Waals surface area (Å²) < 4.78 is 5.23. The van der Waals surface area contributed by atoms with Crippen LogP contribution in [0.4, 0.5) is 4.79 Å². The van der Waals surface area contributed by atoms with E-state index in [0.29, 0.717) is 6.42 Å². The second kappa shape index (κ2) is 6.94. The van der Waals surface area contributed by atoms with Gasteiger partial charge in [0.1, 0.15) is 5.60 Å². The van der Waals surface area contributed by atoms with Crippen molar-refractivity contribution in [1.29, 1.82) is 0 Å². The van der Waals surface area contributed by atoms with Crippen molar-refractivity contribution in [3.05, 3.63) is 34.4 Å². The minimum atomic E-state index is -0.542. The fraction of sp³-hybridized carbons (Fsp3) is 0.588. The van der Waals surface area contributed by atoms with E-state index in [9.17, 15) is 9.90 Å². The third-order valence-electron chi connectivity index (χ3n) is 3.23. The maximum absolute atomic E-state index is 11.8. The summed E-state index contributed by atoms with van der Waals surface area (Å²) in [6.07, 6.45) is 0.0946. The molecule has 4 heteroatoms. The zero-order valence-corrected chi connectivity index (χ0v) is 13.9. The Hall–Kier alpha value is -1.55. The lowest BCUT2D eigenvalue weighted by atomic mass is 9.94. The van der Waals surface area contributed by atoms with Crippen molar-refractivity contribution in [3.63, 3.8) is 0 Å². The topological polar surface area (TPSA) is 58.6 Å². The number of alkyl carbamates (subject to hydrolysis) is 1. The minimum Gasteiger partial charge on any atom is -0.444 e. The summed E-state index contributed by atoms with van der Waals surface area (Å²) in [5, 5.41) is 12.2. The number of aliphatic hydroxyl groups is 1. The van der Waals surface area contributed by atoms with Gasteiger partial charge in [-0.3, -0.25) is 0 Å². The largest absolute Gasteiger partial charge is 0.444 e. The minimum absolute atomic E-state index is 0.119. The van der Waals surface area contributed by atoms with Crippen LogP contribution >= 0.6 is 0 Å². The van der Waals surface area contributed by atoms with E-state index in [-0.39, 0.29) is 12.6 Å². The Bertz CT molecular complexity index is 480. The lowest BCUT2D eigenvalue weighted by Gasteiger charge is -2.23. The third kappa shape index (κ3) is 5.76. The van der Waals surface area contributed by atoms with Gasteiger partial charge >= 0.3 is 6.09 Å². The molecule has 0 bridgehead atoms. The van der Waals surface area contributed by atoms with Gasteiger partial charge in [0.25, 0.3) is 0 Å². The zero-order chi connectivity index (χ0) is 16.2. The average Bonchev–Trinajstić information content (AvgIpc) is 2.29. The van der Waals surface area contributed by atoms with Gasteiger partial charge in [0.15, 0.2) is 0 Å². The van der Waals surface area contributed by atoms with Gasteiger partial charge in [-0.2, -0.15) is 0 Å². The Balaban J connectivity index is 2.77. The first-order valence-electron chi connectivity index (χ1n) is 7.29. The molecule has 0 heterocycles. The molecule has 0 aromatic heterocycles. The smallest absolute Gasteiger partial charge is 0.407 e. The van der Waals surface area contributed by atoms with Crippen molar-refractivity contribution in [1.82, 2.24) is 5.32 Å². The van der Waals surface area contributed by atoms with Crippen LogP contribution in [0.2, 0.25) is 0 Å². The maximum Gasteiger partial charge on any atom is 0.407 e. The van der Waals surface area contributed by atoms with E-state index in [0.717, 1.165) is 5.56 Å². The number of aryl methyl sites for hydroxylation is 3. The number of hydrogen-bond donors (Lipinski definition) is 2. The van der Waals surface area contributed by atoms with Crippen LogP contribution in [0.25, 0.3) is 0 Å². The number of rotatable bonds is 4. The molecule has 0 aliphatic rings. The van der Waals surface area contributed by atoms with Gasteiger partial charge in [0.05, 0.1) is 12.6 Å². The van der Waals surface area contributed by atoms with E-state index in [1.54, 1.807) is 0 Å². The Morgan fingerprint density at radius 2 is 1.76 bits per heavy atom. The van der Waals surface area contributed by atoms with E-state index in [2.05, 4.69) is 38.2 Å². The molecule has 0 aliphatic heterocycles. The van der Waals surface area contributed by atoms with Gasteiger partial charge in [-0.1, -0.05) is 17.7 Å². The highest BCUT2D eigenvalue weighted by molar-refractivity contribution is 5.68. The molecule has 1 aromatic rings. The molecule has 0 aliphatic carbocycles. The average molecular weight is 293 g/mol. The van der Waals surface area contributed by atoms with E-state index in [1.807, 2.05) is 20.8 Å². The lowest BCUT2D eigenvalue weighted by Crippen LogP contribution is -2.42. The number of benzene rings is 1. The molecule has 118 valence electrons. The normalized spacial score (nSPS) is 12.9. The first kappa shape index (κ1) is 17.5. The second-order valence-electron chi connectivity index (χ2n) is 6.61. The van der Waals surface area contributed by atoms with Crippen LogP contribution in [-0.2, 0) is 11.2 Å². The highest BCUT2D eigenvalue weighted by Crippen LogP contribution is 2.18. The molecule has 1 rings (SSSR count). The first-order valence-corrected chi connectivity index (χ1v) is 7.29. The van der Waals surface area contributed by atoms with Crippen molar-refractivity contribution in [2.75, 3.05) is 6.61 Å². The Morgan fingerprint density at radius 3 is 2.19 bits per heavy atom. The van der Waals surface area contributed by atoms with E-state index >= 15 is 0 Å². The van der Waals surface area contributed by atoms with E-state index < -0.39 is 11.7 Å². The SMILES string of the molecule is Cc1cc(C)c(C[C@@H](CO)NC(=O)OC(C)(C)C)c(C)c1. The highest BCUT2D eigenvalue weighted by Gasteiger charge is 2.20. The summed E-state index contributed by atoms with van der Waals surface area (Å²) >= 11 is 0. The highest BCUT2D eigenvalue weighted by atomic mass is 16.6. The van der Waals surface area contributed by atoms with Crippen LogP contribution in [0, 0.1) is 20.8 Å². The van der Waals surface area contributed by atoms with Crippen molar-refractivity contribution in [2.24, 2.45) is 0 Å². The molecule has 4 nitrogen and oxygen atoms in total. The van der Waals surface area contributed by atoms with Crippen molar-refractivity contribution in [2.45, 2.75) is 59.6 Å². The number of carbonyl (C=O) groups excluding carboxylic acids is 1. The molecule has 0 radical (unpaired) electrons. The Kier molecular flexibility index (Phi) is 5.78. The van der Waals surface area contributed by atoms with Crippen LogP contribution in [0.15, 0.2) is 12.1 Å². The molecule has 0 saturated carbocycles. The molecule has 0 saturated heterocycles. The quantitative estimate of drug-likeness (QED) is 0.897. The molecule has 0 unspecified atom stereocenters.